The van der Waals surface area contributed by atoms with E-state index in [9.17, 15) is 4.39 Å². The fourth-order valence-electron chi connectivity index (χ4n) is 5.89. The summed E-state index contributed by atoms with van der Waals surface area (Å²) in [6.45, 7) is 2.93. The van der Waals surface area contributed by atoms with Crippen molar-refractivity contribution in [2.45, 2.75) is 56.7 Å². The molecule has 1 aromatic carbocycles. The Hall–Kier alpha value is -3.52. The molecule has 3 fully saturated rings. The van der Waals surface area contributed by atoms with E-state index >= 15 is 0 Å². The summed E-state index contributed by atoms with van der Waals surface area (Å²) < 4.78 is 15.8. The number of imidazole rings is 1. The Kier molecular flexibility index (Phi) is 5.76. The summed E-state index contributed by atoms with van der Waals surface area (Å²) in [5.74, 6) is 1.69. The van der Waals surface area contributed by atoms with Crippen LogP contribution >= 0.6 is 0 Å². The molecule has 7 nitrogen and oxygen atoms in total. The Morgan fingerprint density at radius 2 is 1.68 bits per heavy atom. The van der Waals surface area contributed by atoms with E-state index in [0.29, 0.717) is 6.04 Å². The predicted molar refractivity (Wildman–Crippen MR) is 143 cm³/mol. The molecule has 8 heteroatoms. The molecular formula is C29H32FN7. The van der Waals surface area contributed by atoms with Crippen LogP contribution in [0, 0.1) is 5.82 Å². The second kappa shape index (κ2) is 9.41. The molecule has 1 N–H and O–H groups in total. The number of halogens is 1. The number of nitrogens with zero attached hydrogens (tertiary/aromatic N) is 6. The largest absolute Gasteiger partial charge is 0.356 e. The van der Waals surface area contributed by atoms with Crippen molar-refractivity contribution in [1.82, 2.24) is 24.9 Å². The SMILES string of the molecule is Fc1cccc([C@H]2CCCN2c2ccc3ncc(-c4cccc(N5CCC(NC6CC6)CC5)n4)n3n2)c1. The third-order valence-corrected chi connectivity index (χ3v) is 7.99. The Bertz CT molecular complexity index is 1410. The van der Waals surface area contributed by atoms with Gasteiger partial charge in [0, 0.05) is 31.7 Å². The van der Waals surface area contributed by atoms with Crippen LogP contribution in [0.4, 0.5) is 16.0 Å². The standard InChI is InChI=1S/C29H32FN7/c30-21-5-1-4-20(18-21)25-7-3-15-36(25)29-12-11-27-31-19-26(37(27)34-29)24-6-2-8-28(33-24)35-16-13-23(14-17-35)32-22-9-10-22/h1-2,4-6,8,11-12,18-19,22-23,25,32H,3,7,9-10,13-17H2/t25-/m1/s1. The molecule has 5 heterocycles. The molecule has 3 aromatic heterocycles. The first-order valence-electron chi connectivity index (χ1n) is 13.6. The lowest BCUT2D eigenvalue weighted by molar-refractivity contribution is 0.411. The molecule has 0 amide bonds. The van der Waals surface area contributed by atoms with Crippen LogP contribution in [0.2, 0.25) is 0 Å². The zero-order chi connectivity index (χ0) is 24.8. The number of benzene rings is 1. The van der Waals surface area contributed by atoms with Crippen molar-refractivity contribution in [2.24, 2.45) is 0 Å². The topological polar surface area (TPSA) is 61.6 Å². The van der Waals surface area contributed by atoms with Gasteiger partial charge in [-0.3, -0.25) is 0 Å². The Balaban J connectivity index is 1.15. The van der Waals surface area contributed by atoms with Crippen molar-refractivity contribution in [1.29, 1.82) is 0 Å². The van der Waals surface area contributed by atoms with Crippen molar-refractivity contribution in [2.75, 3.05) is 29.4 Å². The van der Waals surface area contributed by atoms with Gasteiger partial charge in [0.1, 0.15) is 23.1 Å². The smallest absolute Gasteiger partial charge is 0.154 e. The first-order valence-corrected chi connectivity index (χ1v) is 13.6. The minimum Gasteiger partial charge on any atom is -0.356 e. The van der Waals surface area contributed by atoms with Gasteiger partial charge in [-0.25, -0.2) is 18.9 Å². The minimum atomic E-state index is -0.195. The Morgan fingerprint density at radius 3 is 2.51 bits per heavy atom. The quantitative estimate of drug-likeness (QED) is 0.405. The number of aromatic nitrogens is 4. The molecule has 1 saturated carbocycles. The number of nitrogens with one attached hydrogen (secondary N) is 1. The fourth-order valence-corrected chi connectivity index (χ4v) is 5.89. The van der Waals surface area contributed by atoms with Crippen molar-refractivity contribution >= 4 is 17.3 Å². The third kappa shape index (κ3) is 4.55. The number of rotatable bonds is 6. The van der Waals surface area contributed by atoms with Gasteiger partial charge in [-0.05, 0) is 80.5 Å². The summed E-state index contributed by atoms with van der Waals surface area (Å²) >= 11 is 0. The van der Waals surface area contributed by atoms with Gasteiger partial charge in [-0.1, -0.05) is 18.2 Å². The molecule has 0 unspecified atom stereocenters. The minimum absolute atomic E-state index is 0.117. The zero-order valence-electron chi connectivity index (χ0n) is 20.9. The summed E-state index contributed by atoms with van der Waals surface area (Å²) in [6.07, 6.45) is 8.88. The molecule has 1 atom stereocenters. The summed E-state index contributed by atoms with van der Waals surface area (Å²) in [4.78, 5) is 14.3. The number of fused-ring (bicyclic) bond motifs is 1. The summed E-state index contributed by atoms with van der Waals surface area (Å²) in [7, 11) is 0. The lowest BCUT2D eigenvalue weighted by Crippen LogP contribution is -2.43. The van der Waals surface area contributed by atoms with Crippen molar-refractivity contribution < 1.29 is 4.39 Å². The summed E-state index contributed by atoms with van der Waals surface area (Å²) in [6, 6.07) is 18.7. The summed E-state index contributed by atoms with van der Waals surface area (Å²) in [5.41, 5.74) is 3.54. The van der Waals surface area contributed by atoms with Crippen LogP contribution in [-0.2, 0) is 0 Å². The molecule has 0 spiro atoms. The fraction of sp³-hybridized carbons (Fsp3) is 0.414. The van der Waals surface area contributed by atoms with E-state index in [4.69, 9.17) is 10.1 Å². The van der Waals surface area contributed by atoms with Gasteiger partial charge in [-0.2, -0.15) is 0 Å². The molecule has 190 valence electrons. The number of hydrogen-bond donors (Lipinski definition) is 1. The molecule has 2 aliphatic heterocycles. The van der Waals surface area contributed by atoms with Crippen LogP contribution < -0.4 is 15.1 Å². The highest BCUT2D eigenvalue weighted by molar-refractivity contribution is 5.62. The van der Waals surface area contributed by atoms with Crippen molar-refractivity contribution in [3.05, 3.63) is 72.2 Å². The van der Waals surface area contributed by atoms with Crippen molar-refractivity contribution in [3.8, 4) is 11.4 Å². The van der Waals surface area contributed by atoms with Crippen LogP contribution in [0.25, 0.3) is 17.0 Å². The maximum Gasteiger partial charge on any atom is 0.154 e. The van der Waals surface area contributed by atoms with Gasteiger partial charge in [0.25, 0.3) is 0 Å². The van der Waals surface area contributed by atoms with E-state index in [-0.39, 0.29) is 11.9 Å². The molecule has 1 aliphatic carbocycles. The molecule has 7 rings (SSSR count). The predicted octanol–water partition coefficient (Wildman–Crippen LogP) is 4.99. The number of hydrogen-bond acceptors (Lipinski definition) is 6. The van der Waals surface area contributed by atoms with Gasteiger partial charge < -0.3 is 15.1 Å². The van der Waals surface area contributed by atoms with Crippen molar-refractivity contribution in [3.63, 3.8) is 0 Å². The lowest BCUT2D eigenvalue weighted by atomic mass is 10.0. The molecule has 0 bridgehead atoms. The lowest BCUT2D eigenvalue weighted by Gasteiger charge is -2.33. The van der Waals surface area contributed by atoms with Crippen LogP contribution in [0.15, 0.2) is 60.8 Å². The van der Waals surface area contributed by atoms with Gasteiger partial charge >= 0.3 is 0 Å². The molecule has 37 heavy (non-hydrogen) atoms. The summed E-state index contributed by atoms with van der Waals surface area (Å²) in [5, 5.41) is 8.78. The number of anilines is 2. The average Bonchev–Trinajstić information content (AvgIpc) is 3.44. The van der Waals surface area contributed by atoms with Gasteiger partial charge in [-0.15, -0.1) is 5.10 Å². The maximum absolute atomic E-state index is 13.9. The highest BCUT2D eigenvalue weighted by Crippen LogP contribution is 2.36. The molecular weight excluding hydrogens is 465 g/mol. The Morgan fingerprint density at radius 1 is 0.838 bits per heavy atom. The molecule has 3 aliphatic rings. The van der Waals surface area contributed by atoms with Crippen LogP contribution in [0.5, 0.6) is 0 Å². The zero-order valence-corrected chi connectivity index (χ0v) is 20.9. The normalized spacial score (nSPS) is 20.7. The molecule has 2 saturated heterocycles. The average molecular weight is 498 g/mol. The second-order valence-electron chi connectivity index (χ2n) is 10.6. The number of piperidine rings is 1. The van der Waals surface area contributed by atoms with Gasteiger partial charge in [0.15, 0.2) is 5.65 Å². The Labute approximate surface area is 216 Å². The second-order valence-corrected chi connectivity index (χ2v) is 10.6. The molecule has 4 aromatic rings. The monoisotopic (exact) mass is 497 g/mol. The molecule has 0 radical (unpaired) electrons. The number of pyridine rings is 1. The van der Waals surface area contributed by atoms with E-state index < -0.39 is 0 Å². The van der Waals surface area contributed by atoms with Crippen LogP contribution in [-0.4, -0.2) is 51.3 Å². The van der Waals surface area contributed by atoms with Gasteiger partial charge in [0.2, 0.25) is 0 Å². The van der Waals surface area contributed by atoms with E-state index in [1.54, 1.807) is 12.1 Å². The van der Waals surface area contributed by atoms with E-state index in [1.807, 2.05) is 35.0 Å². The van der Waals surface area contributed by atoms with E-state index in [0.717, 1.165) is 85.6 Å². The van der Waals surface area contributed by atoms with Gasteiger partial charge in [0.05, 0.1) is 17.9 Å². The first kappa shape index (κ1) is 22.7. The van der Waals surface area contributed by atoms with E-state index in [1.165, 1.54) is 18.9 Å². The van der Waals surface area contributed by atoms with Crippen LogP contribution in [0.3, 0.4) is 0 Å². The van der Waals surface area contributed by atoms with E-state index in [2.05, 4.69) is 32.2 Å². The first-order chi connectivity index (χ1) is 18.2. The maximum atomic E-state index is 13.9. The highest BCUT2D eigenvalue weighted by Gasteiger charge is 2.29. The highest BCUT2D eigenvalue weighted by atomic mass is 19.1. The third-order valence-electron chi connectivity index (χ3n) is 7.99. The van der Waals surface area contributed by atoms with Crippen LogP contribution in [0.1, 0.15) is 50.1 Å².